The summed E-state index contributed by atoms with van der Waals surface area (Å²) in [5.41, 5.74) is 1.42. The van der Waals surface area contributed by atoms with Gasteiger partial charge < -0.3 is 0 Å². The molecule has 0 nitrogen and oxygen atoms in total. The first-order valence-electron chi connectivity index (χ1n) is 4.77. The molecule has 1 aromatic rings. The SMILES string of the molecule is Clc1ccc([C@@H]2CC=CCC2)cc1. The zero-order valence-corrected chi connectivity index (χ0v) is 8.30. The Balaban J connectivity index is 2.15. The van der Waals surface area contributed by atoms with Crippen molar-refractivity contribution in [2.45, 2.75) is 25.2 Å². The van der Waals surface area contributed by atoms with E-state index in [0.717, 1.165) is 5.02 Å². The summed E-state index contributed by atoms with van der Waals surface area (Å²) >= 11 is 5.84. The predicted molar refractivity (Wildman–Crippen MR) is 57.2 cm³/mol. The smallest absolute Gasteiger partial charge is 0.0406 e. The summed E-state index contributed by atoms with van der Waals surface area (Å²) in [6, 6.07) is 8.25. The van der Waals surface area contributed by atoms with Gasteiger partial charge in [-0.15, -0.1) is 0 Å². The van der Waals surface area contributed by atoms with E-state index in [1.54, 1.807) is 0 Å². The molecule has 0 aliphatic heterocycles. The Kier molecular flexibility index (Phi) is 2.70. The third kappa shape index (κ3) is 2.13. The van der Waals surface area contributed by atoms with Crippen LogP contribution in [0.2, 0.25) is 5.02 Å². The fourth-order valence-electron chi connectivity index (χ4n) is 1.83. The van der Waals surface area contributed by atoms with Crippen LogP contribution in [0.25, 0.3) is 0 Å². The van der Waals surface area contributed by atoms with Crippen molar-refractivity contribution < 1.29 is 0 Å². The number of benzene rings is 1. The van der Waals surface area contributed by atoms with E-state index in [9.17, 15) is 0 Å². The average Bonchev–Trinajstić information content (AvgIpc) is 2.20. The largest absolute Gasteiger partial charge is 0.0885 e. The summed E-state index contributed by atoms with van der Waals surface area (Å²) in [6.45, 7) is 0. The van der Waals surface area contributed by atoms with Crippen LogP contribution < -0.4 is 0 Å². The molecular formula is C12H13Cl. The molecule has 2 rings (SSSR count). The van der Waals surface area contributed by atoms with Crippen molar-refractivity contribution >= 4 is 11.6 Å². The van der Waals surface area contributed by atoms with Crippen LogP contribution in [0.4, 0.5) is 0 Å². The lowest BCUT2D eigenvalue weighted by Gasteiger charge is -2.17. The molecule has 0 N–H and O–H groups in total. The molecule has 0 heterocycles. The molecule has 0 fully saturated rings. The zero-order valence-electron chi connectivity index (χ0n) is 7.54. The minimum atomic E-state index is 0.710. The van der Waals surface area contributed by atoms with Gasteiger partial charge >= 0.3 is 0 Å². The third-order valence-electron chi connectivity index (χ3n) is 2.61. The molecule has 0 aromatic heterocycles. The van der Waals surface area contributed by atoms with E-state index in [1.807, 2.05) is 12.1 Å². The summed E-state index contributed by atoms with van der Waals surface area (Å²) in [4.78, 5) is 0. The summed E-state index contributed by atoms with van der Waals surface area (Å²) in [5, 5.41) is 0.829. The van der Waals surface area contributed by atoms with E-state index in [1.165, 1.54) is 24.8 Å². The Morgan fingerprint density at radius 2 is 1.85 bits per heavy atom. The quantitative estimate of drug-likeness (QED) is 0.586. The zero-order chi connectivity index (χ0) is 9.10. The Morgan fingerprint density at radius 1 is 1.08 bits per heavy atom. The second kappa shape index (κ2) is 3.97. The van der Waals surface area contributed by atoms with Gasteiger partial charge in [-0.1, -0.05) is 35.9 Å². The minimum Gasteiger partial charge on any atom is -0.0885 e. The van der Waals surface area contributed by atoms with Crippen LogP contribution in [0.3, 0.4) is 0 Å². The van der Waals surface area contributed by atoms with Gasteiger partial charge in [0.15, 0.2) is 0 Å². The Morgan fingerprint density at radius 3 is 2.46 bits per heavy atom. The molecule has 13 heavy (non-hydrogen) atoms. The molecule has 68 valence electrons. The number of hydrogen-bond donors (Lipinski definition) is 0. The van der Waals surface area contributed by atoms with E-state index in [-0.39, 0.29) is 0 Å². The molecule has 0 saturated carbocycles. The number of allylic oxidation sites excluding steroid dienone is 2. The van der Waals surface area contributed by atoms with E-state index in [4.69, 9.17) is 11.6 Å². The molecule has 0 unspecified atom stereocenters. The summed E-state index contributed by atoms with van der Waals surface area (Å²) < 4.78 is 0. The van der Waals surface area contributed by atoms with Gasteiger partial charge in [0.25, 0.3) is 0 Å². The Hall–Kier alpha value is -0.750. The first-order valence-corrected chi connectivity index (χ1v) is 5.14. The van der Waals surface area contributed by atoms with Crippen LogP contribution in [-0.2, 0) is 0 Å². The van der Waals surface area contributed by atoms with Gasteiger partial charge in [-0.2, -0.15) is 0 Å². The van der Waals surface area contributed by atoms with Crippen molar-refractivity contribution in [3.63, 3.8) is 0 Å². The van der Waals surface area contributed by atoms with Gasteiger partial charge in [-0.25, -0.2) is 0 Å². The van der Waals surface area contributed by atoms with Crippen molar-refractivity contribution in [2.75, 3.05) is 0 Å². The highest BCUT2D eigenvalue weighted by molar-refractivity contribution is 6.30. The van der Waals surface area contributed by atoms with Gasteiger partial charge in [0, 0.05) is 5.02 Å². The van der Waals surface area contributed by atoms with E-state index in [0.29, 0.717) is 5.92 Å². The van der Waals surface area contributed by atoms with Crippen LogP contribution in [0.1, 0.15) is 30.7 Å². The minimum absolute atomic E-state index is 0.710. The van der Waals surface area contributed by atoms with Gasteiger partial charge in [0.05, 0.1) is 0 Å². The fourth-order valence-corrected chi connectivity index (χ4v) is 1.96. The Labute approximate surface area is 84.2 Å². The summed E-state index contributed by atoms with van der Waals surface area (Å²) in [5.74, 6) is 0.710. The van der Waals surface area contributed by atoms with E-state index < -0.39 is 0 Å². The number of rotatable bonds is 1. The van der Waals surface area contributed by atoms with Crippen molar-refractivity contribution in [3.8, 4) is 0 Å². The van der Waals surface area contributed by atoms with E-state index in [2.05, 4.69) is 24.3 Å². The average molecular weight is 193 g/mol. The molecule has 1 aromatic carbocycles. The van der Waals surface area contributed by atoms with Crippen molar-refractivity contribution in [3.05, 3.63) is 47.0 Å². The first kappa shape index (κ1) is 8.83. The third-order valence-corrected chi connectivity index (χ3v) is 2.86. The first-order chi connectivity index (χ1) is 6.36. The van der Waals surface area contributed by atoms with Crippen LogP contribution >= 0.6 is 11.6 Å². The number of hydrogen-bond acceptors (Lipinski definition) is 0. The lowest BCUT2D eigenvalue weighted by molar-refractivity contribution is 0.617. The molecule has 0 amide bonds. The van der Waals surface area contributed by atoms with Crippen molar-refractivity contribution in [1.82, 2.24) is 0 Å². The van der Waals surface area contributed by atoms with Crippen molar-refractivity contribution in [2.24, 2.45) is 0 Å². The maximum Gasteiger partial charge on any atom is 0.0406 e. The lowest BCUT2D eigenvalue weighted by atomic mass is 9.88. The summed E-state index contributed by atoms with van der Waals surface area (Å²) in [6.07, 6.45) is 8.22. The summed E-state index contributed by atoms with van der Waals surface area (Å²) in [7, 11) is 0. The van der Waals surface area contributed by atoms with Gasteiger partial charge in [0.2, 0.25) is 0 Å². The topological polar surface area (TPSA) is 0 Å². The normalized spacial score (nSPS) is 21.8. The fraction of sp³-hybridized carbons (Fsp3) is 0.333. The monoisotopic (exact) mass is 192 g/mol. The second-order valence-electron chi connectivity index (χ2n) is 3.53. The lowest BCUT2D eigenvalue weighted by Crippen LogP contribution is -2.00. The van der Waals surface area contributed by atoms with Gasteiger partial charge in [-0.05, 0) is 42.9 Å². The molecule has 1 aliphatic carbocycles. The molecule has 1 atom stereocenters. The molecule has 1 aliphatic rings. The highest BCUT2D eigenvalue weighted by atomic mass is 35.5. The molecular weight excluding hydrogens is 180 g/mol. The van der Waals surface area contributed by atoms with Crippen LogP contribution in [0.15, 0.2) is 36.4 Å². The predicted octanol–water partition coefficient (Wildman–Crippen LogP) is 4.16. The molecule has 0 saturated heterocycles. The molecule has 0 spiro atoms. The standard InChI is InChI=1S/C12H13Cl/c13-12-8-6-11(7-9-12)10-4-2-1-3-5-10/h1-2,6-10H,3-5H2/t10-/m1/s1. The van der Waals surface area contributed by atoms with Gasteiger partial charge in [-0.3, -0.25) is 0 Å². The van der Waals surface area contributed by atoms with Crippen molar-refractivity contribution in [1.29, 1.82) is 0 Å². The molecule has 1 heteroatoms. The Bertz CT molecular complexity index is 297. The van der Waals surface area contributed by atoms with Crippen LogP contribution in [0.5, 0.6) is 0 Å². The van der Waals surface area contributed by atoms with E-state index >= 15 is 0 Å². The molecule has 0 bridgehead atoms. The molecule has 0 radical (unpaired) electrons. The highest BCUT2D eigenvalue weighted by Gasteiger charge is 2.11. The highest BCUT2D eigenvalue weighted by Crippen LogP contribution is 2.29. The maximum atomic E-state index is 5.84. The maximum absolute atomic E-state index is 5.84. The second-order valence-corrected chi connectivity index (χ2v) is 3.97. The number of halogens is 1. The van der Waals surface area contributed by atoms with Gasteiger partial charge in [0.1, 0.15) is 0 Å². The van der Waals surface area contributed by atoms with Crippen LogP contribution in [-0.4, -0.2) is 0 Å². The van der Waals surface area contributed by atoms with Crippen LogP contribution in [0, 0.1) is 0 Å².